The Bertz CT molecular complexity index is 91.5. The van der Waals surface area contributed by atoms with Gasteiger partial charge in [0.1, 0.15) is 6.42 Å². The maximum atomic E-state index is 9.73. The van der Waals surface area contributed by atoms with Crippen LogP contribution in [0.5, 0.6) is 0 Å². The number of hydrogen-bond acceptors (Lipinski definition) is 2. The van der Waals surface area contributed by atoms with E-state index in [4.69, 9.17) is 0 Å². The van der Waals surface area contributed by atoms with E-state index in [2.05, 4.69) is 11.5 Å². The Morgan fingerprint density at radius 3 is 1.38 bits per heavy atom. The number of carbonyl (C=O) groups is 2. The summed E-state index contributed by atoms with van der Waals surface area (Å²) in [6, 6.07) is 0. The molecule has 0 aromatic heterocycles. The van der Waals surface area contributed by atoms with Gasteiger partial charge in [0.15, 0.2) is 0 Å². The Morgan fingerprint density at radius 2 is 1.38 bits per heavy atom. The van der Waals surface area contributed by atoms with Crippen LogP contribution in [0.15, 0.2) is 0 Å². The van der Waals surface area contributed by atoms with E-state index in [1.54, 1.807) is 0 Å². The maximum absolute atomic E-state index is 9.73. The van der Waals surface area contributed by atoms with Crippen LogP contribution in [0.4, 0.5) is 0 Å². The van der Waals surface area contributed by atoms with Gasteiger partial charge in [0.25, 0.3) is 0 Å². The van der Waals surface area contributed by atoms with Gasteiger partial charge in [-0.15, -0.1) is 0 Å². The molecule has 0 aromatic rings. The number of primary amides is 2. The summed E-state index contributed by atoms with van der Waals surface area (Å²) in [7, 11) is 0. The first-order valence-electron chi connectivity index (χ1n) is 1.69. The van der Waals surface area contributed by atoms with E-state index < -0.39 is 11.8 Å². The SMILES string of the molecule is NC(=O)CC(N)=O.[Pd]. The Balaban J connectivity index is 0. The van der Waals surface area contributed by atoms with Gasteiger partial charge in [-0.1, -0.05) is 0 Å². The predicted molar refractivity (Wildman–Crippen MR) is 23.0 cm³/mol. The third-order valence-electron chi connectivity index (χ3n) is 0.348. The van der Waals surface area contributed by atoms with E-state index in [-0.39, 0.29) is 26.8 Å². The molecule has 0 spiro atoms. The second-order valence-corrected chi connectivity index (χ2v) is 1.11. The van der Waals surface area contributed by atoms with Gasteiger partial charge in [0, 0.05) is 20.4 Å². The van der Waals surface area contributed by atoms with Gasteiger partial charge in [-0.2, -0.15) is 0 Å². The molecular formula is C3H6N2O2Pd. The molecule has 0 bridgehead atoms. The third-order valence-corrected chi connectivity index (χ3v) is 0.348. The summed E-state index contributed by atoms with van der Waals surface area (Å²) in [5.41, 5.74) is 9.11. The predicted octanol–water partition coefficient (Wildman–Crippen LogP) is -1.66. The molecule has 0 unspecified atom stereocenters. The fourth-order valence-corrected chi connectivity index (χ4v) is 0.172. The van der Waals surface area contributed by atoms with E-state index in [1.165, 1.54) is 0 Å². The molecule has 50 valence electrons. The average Bonchev–Trinajstić information content (AvgIpc) is 1.27. The largest absolute Gasteiger partial charge is 0.369 e. The number of carbonyl (C=O) groups excluding carboxylic acids is 2. The Morgan fingerprint density at radius 1 is 1.12 bits per heavy atom. The molecule has 4 nitrogen and oxygen atoms in total. The van der Waals surface area contributed by atoms with E-state index in [9.17, 15) is 9.59 Å². The molecule has 0 aliphatic heterocycles. The molecule has 8 heavy (non-hydrogen) atoms. The molecular weight excluding hydrogens is 202 g/mol. The van der Waals surface area contributed by atoms with E-state index in [0.29, 0.717) is 0 Å². The van der Waals surface area contributed by atoms with Crippen molar-refractivity contribution in [2.24, 2.45) is 11.5 Å². The number of amides is 2. The molecule has 5 heteroatoms. The van der Waals surface area contributed by atoms with Crippen LogP contribution in [0.3, 0.4) is 0 Å². The summed E-state index contributed by atoms with van der Waals surface area (Å²) in [6.07, 6.45) is -0.361. The minimum absolute atomic E-state index is 0. The molecule has 0 saturated heterocycles. The van der Waals surface area contributed by atoms with Gasteiger partial charge in [-0.25, -0.2) is 0 Å². The van der Waals surface area contributed by atoms with Crippen molar-refractivity contribution in [1.29, 1.82) is 0 Å². The molecule has 2 amide bonds. The Kier molecular flexibility index (Phi) is 6.27. The van der Waals surface area contributed by atoms with Crippen molar-refractivity contribution < 1.29 is 30.0 Å². The molecule has 0 radical (unpaired) electrons. The fraction of sp³-hybridized carbons (Fsp3) is 0.333. The first-order valence-corrected chi connectivity index (χ1v) is 1.69. The van der Waals surface area contributed by atoms with Crippen LogP contribution in [0.25, 0.3) is 0 Å². The van der Waals surface area contributed by atoms with Crippen LogP contribution in [0, 0.1) is 0 Å². The van der Waals surface area contributed by atoms with Crippen molar-refractivity contribution in [2.75, 3.05) is 0 Å². The van der Waals surface area contributed by atoms with Gasteiger partial charge < -0.3 is 11.5 Å². The van der Waals surface area contributed by atoms with E-state index in [0.717, 1.165) is 0 Å². The van der Waals surface area contributed by atoms with Crippen LogP contribution >= 0.6 is 0 Å². The van der Waals surface area contributed by atoms with Crippen LogP contribution in [0.1, 0.15) is 6.42 Å². The number of hydrogen-bond donors (Lipinski definition) is 2. The quantitative estimate of drug-likeness (QED) is 0.421. The minimum atomic E-state index is -0.687. The van der Waals surface area contributed by atoms with Crippen LogP contribution in [-0.4, -0.2) is 11.8 Å². The van der Waals surface area contributed by atoms with Gasteiger partial charge in [-0.05, 0) is 0 Å². The van der Waals surface area contributed by atoms with E-state index >= 15 is 0 Å². The molecule has 0 saturated carbocycles. The second-order valence-electron chi connectivity index (χ2n) is 1.11. The van der Waals surface area contributed by atoms with Gasteiger partial charge in [-0.3, -0.25) is 9.59 Å². The number of nitrogens with two attached hydrogens (primary N) is 2. The topological polar surface area (TPSA) is 86.2 Å². The molecule has 0 aliphatic rings. The van der Waals surface area contributed by atoms with Crippen molar-refractivity contribution in [3.63, 3.8) is 0 Å². The van der Waals surface area contributed by atoms with E-state index in [1.807, 2.05) is 0 Å². The average molecular weight is 209 g/mol. The Labute approximate surface area is 60.3 Å². The summed E-state index contributed by atoms with van der Waals surface area (Å²) >= 11 is 0. The monoisotopic (exact) mass is 208 g/mol. The summed E-state index contributed by atoms with van der Waals surface area (Å²) in [5, 5.41) is 0. The zero-order valence-electron chi connectivity index (χ0n) is 3.99. The normalized spacial score (nSPS) is 7.00. The summed E-state index contributed by atoms with van der Waals surface area (Å²) in [6.45, 7) is 0. The number of rotatable bonds is 2. The van der Waals surface area contributed by atoms with Crippen molar-refractivity contribution in [2.45, 2.75) is 6.42 Å². The standard InChI is InChI=1S/C3H6N2O2.Pd/c4-2(6)1-3(5)7;/h1H2,(H2,4,6)(H2,5,7);. The zero-order valence-corrected chi connectivity index (χ0v) is 5.55. The third kappa shape index (κ3) is 9.14. The van der Waals surface area contributed by atoms with Crippen molar-refractivity contribution >= 4 is 11.8 Å². The first kappa shape index (κ1) is 10.6. The van der Waals surface area contributed by atoms with Crippen LogP contribution < -0.4 is 11.5 Å². The molecule has 4 N–H and O–H groups in total. The first-order chi connectivity index (χ1) is 3.13. The fourth-order valence-electron chi connectivity index (χ4n) is 0.172. The maximum Gasteiger partial charge on any atom is 0.226 e. The van der Waals surface area contributed by atoms with Gasteiger partial charge in [0.05, 0.1) is 0 Å². The summed E-state index contributed by atoms with van der Waals surface area (Å²) in [4.78, 5) is 19.5. The summed E-state index contributed by atoms with van der Waals surface area (Å²) < 4.78 is 0. The molecule has 0 rings (SSSR count). The van der Waals surface area contributed by atoms with Crippen molar-refractivity contribution in [3.05, 3.63) is 0 Å². The minimum Gasteiger partial charge on any atom is -0.369 e. The molecule has 0 fully saturated rings. The Hall–Kier alpha value is -0.398. The van der Waals surface area contributed by atoms with Crippen LogP contribution in [0.2, 0.25) is 0 Å². The van der Waals surface area contributed by atoms with Crippen molar-refractivity contribution in [3.8, 4) is 0 Å². The second kappa shape index (κ2) is 4.75. The molecule has 0 aliphatic carbocycles. The molecule has 0 aromatic carbocycles. The smallest absolute Gasteiger partial charge is 0.226 e. The molecule has 0 heterocycles. The molecule has 0 atom stereocenters. The summed E-state index contributed by atoms with van der Waals surface area (Å²) in [5.74, 6) is -1.37. The van der Waals surface area contributed by atoms with Gasteiger partial charge >= 0.3 is 0 Å². The zero-order chi connectivity index (χ0) is 5.86. The van der Waals surface area contributed by atoms with Gasteiger partial charge in [0.2, 0.25) is 11.8 Å². The van der Waals surface area contributed by atoms with Crippen molar-refractivity contribution in [1.82, 2.24) is 0 Å². The van der Waals surface area contributed by atoms with Crippen LogP contribution in [-0.2, 0) is 30.0 Å².